The van der Waals surface area contributed by atoms with Gasteiger partial charge in [0.15, 0.2) is 17.3 Å². The highest BCUT2D eigenvalue weighted by Crippen LogP contribution is 2.35. The minimum absolute atomic E-state index is 0.00423. The molecule has 0 bridgehead atoms. The number of methoxy groups -OCH3 is 2. The van der Waals surface area contributed by atoms with Crippen LogP contribution in [0.2, 0.25) is 0 Å². The smallest absolute Gasteiger partial charge is 0.325 e. The average molecular weight is 388 g/mol. The molecule has 1 atom stereocenters. The Hall–Kier alpha value is -3.17. The summed E-state index contributed by atoms with van der Waals surface area (Å²) in [4.78, 5) is 26.8. The van der Waals surface area contributed by atoms with Gasteiger partial charge in [-0.05, 0) is 41.5 Å². The highest BCUT2D eigenvalue weighted by molar-refractivity contribution is 6.07. The van der Waals surface area contributed by atoms with Crippen molar-refractivity contribution in [3.63, 3.8) is 0 Å². The first-order chi connectivity index (χ1) is 13.4. The zero-order valence-corrected chi connectivity index (χ0v) is 16.4. The second-order valence-electron chi connectivity index (χ2n) is 6.69. The molecular weight excluding hydrogens is 364 g/mol. The number of unbranched alkanes of at least 4 members (excludes halogenated alkanes) is 1. The van der Waals surface area contributed by atoms with Crippen molar-refractivity contribution in [2.75, 3.05) is 14.2 Å². The third-order valence-corrected chi connectivity index (χ3v) is 4.86. The van der Waals surface area contributed by atoms with Gasteiger partial charge in [0, 0.05) is 6.54 Å². The van der Waals surface area contributed by atoms with Gasteiger partial charge in [0.2, 0.25) is 0 Å². The summed E-state index contributed by atoms with van der Waals surface area (Å²) in [6.07, 6.45) is 1.89. The zero-order valence-electron chi connectivity index (χ0n) is 16.4. The van der Waals surface area contributed by atoms with E-state index in [2.05, 4.69) is 27.8 Å². The molecule has 0 radical (unpaired) electrons. The van der Waals surface area contributed by atoms with E-state index in [-0.39, 0.29) is 12.5 Å². The van der Waals surface area contributed by atoms with E-state index in [9.17, 15) is 9.59 Å². The third-order valence-electron chi connectivity index (χ3n) is 4.86. The van der Waals surface area contributed by atoms with Gasteiger partial charge in [0.1, 0.15) is 5.54 Å². The van der Waals surface area contributed by atoms with Crippen molar-refractivity contribution in [1.29, 1.82) is 0 Å². The number of tetrazole rings is 1. The molecule has 0 spiro atoms. The maximum atomic E-state index is 13.1. The van der Waals surface area contributed by atoms with Crippen LogP contribution in [0.3, 0.4) is 0 Å². The summed E-state index contributed by atoms with van der Waals surface area (Å²) in [6.45, 7) is 4.37. The van der Waals surface area contributed by atoms with E-state index in [1.807, 2.05) is 0 Å². The van der Waals surface area contributed by atoms with Crippen LogP contribution in [0, 0.1) is 0 Å². The largest absolute Gasteiger partial charge is 0.493 e. The Kier molecular flexibility index (Phi) is 5.48. The van der Waals surface area contributed by atoms with Crippen molar-refractivity contribution in [3.8, 4) is 11.5 Å². The average Bonchev–Trinajstić information content (AvgIpc) is 3.23. The number of imide groups is 1. The number of hydrogen-bond donors (Lipinski definition) is 1. The van der Waals surface area contributed by atoms with Gasteiger partial charge in [-0.15, -0.1) is 5.10 Å². The molecule has 1 fully saturated rings. The van der Waals surface area contributed by atoms with Gasteiger partial charge in [-0.1, -0.05) is 19.4 Å². The van der Waals surface area contributed by atoms with Crippen LogP contribution in [0.25, 0.3) is 0 Å². The Morgan fingerprint density at radius 1 is 1.18 bits per heavy atom. The lowest BCUT2D eigenvalue weighted by atomic mass is 9.91. The minimum atomic E-state index is -1.22. The van der Waals surface area contributed by atoms with Gasteiger partial charge in [-0.2, -0.15) is 0 Å². The van der Waals surface area contributed by atoms with Crippen LogP contribution in [0.15, 0.2) is 18.2 Å². The number of urea groups is 1. The molecule has 10 nitrogen and oxygen atoms in total. The van der Waals surface area contributed by atoms with Crippen LogP contribution in [0.4, 0.5) is 4.79 Å². The standard InChI is InChI=1S/C18H24N6O4/c1-5-6-9-24-15(20-21-22-24)11-23-16(25)18(2,19-17(23)26)12-7-8-13(27-3)14(10-12)28-4/h7-8,10H,5-6,9,11H2,1-4H3,(H,19,26). The quantitative estimate of drug-likeness (QED) is 0.681. The lowest BCUT2D eigenvalue weighted by molar-refractivity contribution is -0.131. The van der Waals surface area contributed by atoms with E-state index in [1.54, 1.807) is 29.8 Å². The fourth-order valence-electron chi connectivity index (χ4n) is 3.14. The van der Waals surface area contributed by atoms with Crippen molar-refractivity contribution in [3.05, 3.63) is 29.6 Å². The molecule has 1 unspecified atom stereocenters. The summed E-state index contributed by atoms with van der Waals surface area (Å²) in [7, 11) is 3.05. The molecular formula is C18H24N6O4. The van der Waals surface area contributed by atoms with Crippen molar-refractivity contribution < 1.29 is 19.1 Å². The zero-order chi connectivity index (χ0) is 20.3. The molecule has 3 rings (SSSR count). The van der Waals surface area contributed by atoms with Gasteiger partial charge in [-0.25, -0.2) is 9.48 Å². The number of nitrogens with zero attached hydrogens (tertiary/aromatic N) is 5. The summed E-state index contributed by atoms with van der Waals surface area (Å²) in [5.74, 6) is 1.10. The number of aromatic nitrogens is 4. The number of rotatable bonds is 8. The van der Waals surface area contributed by atoms with Crippen molar-refractivity contribution >= 4 is 11.9 Å². The number of carbonyl (C=O) groups is 2. The maximum absolute atomic E-state index is 13.1. The van der Waals surface area contributed by atoms with Crippen LogP contribution in [0.5, 0.6) is 11.5 Å². The van der Waals surface area contributed by atoms with Gasteiger partial charge in [0.25, 0.3) is 5.91 Å². The Bertz CT molecular complexity index is 883. The Morgan fingerprint density at radius 2 is 1.93 bits per heavy atom. The molecule has 1 N–H and O–H groups in total. The molecule has 1 aliphatic heterocycles. The predicted octanol–water partition coefficient (Wildman–Crippen LogP) is 1.46. The van der Waals surface area contributed by atoms with Gasteiger partial charge in [0.05, 0.1) is 20.8 Å². The van der Waals surface area contributed by atoms with Gasteiger partial charge < -0.3 is 14.8 Å². The van der Waals surface area contributed by atoms with Crippen molar-refractivity contribution in [2.24, 2.45) is 0 Å². The highest BCUT2D eigenvalue weighted by atomic mass is 16.5. The molecule has 10 heteroatoms. The maximum Gasteiger partial charge on any atom is 0.325 e. The minimum Gasteiger partial charge on any atom is -0.493 e. The monoisotopic (exact) mass is 388 g/mol. The number of carbonyl (C=O) groups excluding carboxylic acids is 2. The van der Waals surface area contributed by atoms with Crippen LogP contribution in [-0.4, -0.2) is 51.3 Å². The number of nitrogens with one attached hydrogen (secondary N) is 1. The summed E-state index contributed by atoms with van der Waals surface area (Å²) in [6, 6.07) is 4.62. The van der Waals surface area contributed by atoms with Crippen LogP contribution in [-0.2, 0) is 23.4 Å². The molecule has 150 valence electrons. The van der Waals surface area contributed by atoms with E-state index in [4.69, 9.17) is 9.47 Å². The number of benzene rings is 1. The fraction of sp³-hybridized carbons (Fsp3) is 0.500. The number of hydrogen-bond acceptors (Lipinski definition) is 7. The molecule has 2 heterocycles. The molecule has 0 aliphatic carbocycles. The molecule has 3 amide bonds. The molecule has 1 aromatic carbocycles. The predicted molar refractivity (Wildman–Crippen MR) is 98.7 cm³/mol. The normalized spacial score (nSPS) is 19.1. The first-order valence-electron chi connectivity index (χ1n) is 9.06. The summed E-state index contributed by atoms with van der Waals surface area (Å²) in [5, 5.41) is 14.3. The summed E-state index contributed by atoms with van der Waals surface area (Å²) in [5.41, 5.74) is -0.630. The summed E-state index contributed by atoms with van der Waals surface area (Å²) >= 11 is 0. The first-order valence-corrected chi connectivity index (χ1v) is 9.06. The topological polar surface area (TPSA) is 111 Å². The van der Waals surface area contributed by atoms with Crippen molar-refractivity contribution in [1.82, 2.24) is 30.4 Å². The SMILES string of the molecule is CCCCn1nnnc1CN1C(=O)NC(C)(c2ccc(OC)c(OC)c2)C1=O. The first kappa shape index (κ1) is 19.6. The van der Waals surface area contributed by atoms with E-state index in [0.717, 1.165) is 17.7 Å². The number of ether oxygens (including phenoxy) is 2. The Morgan fingerprint density at radius 3 is 2.61 bits per heavy atom. The fourth-order valence-corrected chi connectivity index (χ4v) is 3.14. The van der Waals surface area contributed by atoms with Crippen LogP contribution >= 0.6 is 0 Å². The van der Waals surface area contributed by atoms with E-state index in [1.165, 1.54) is 14.2 Å². The second-order valence-corrected chi connectivity index (χ2v) is 6.69. The lowest BCUT2D eigenvalue weighted by Gasteiger charge is -2.23. The molecule has 28 heavy (non-hydrogen) atoms. The molecule has 0 saturated carbocycles. The van der Waals surface area contributed by atoms with Crippen LogP contribution in [0.1, 0.15) is 38.1 Å². The molecule has 1 aliphatic rings. The van der Waals surface area contributed by atoms with Crippen LogP contribution < -0.4 is 14.8 Å². The Balaban J connectivity index is 1.86. The van der Waals surface area contributed by atoms with E-state index in [0.29, 0.717) is 29.4 Å². The van der Waals surface area contributed by atoms with Gasteiger partial charge >= 0.3 is 6.03 Å². The number of amides is 3. The van der Waals surface area contributed by atoms with Gasteiger partial charge in [-0.3, -0.25) is 9.69 Å². The molecule has 1 aromatic heterocycles. The van der Waals surface area contributed by atoms with Crippen molar-refractivity contribution in [2.45, 2.75) is 45.3 Å². The molecule has 1 saturated heterocycles. The summed E-state index contributed by atoms with van der Waals surface area (Å²) < 4.78 is 12.2. The lowest BCUT2D eigenvalue weighted by Crippen LogP contribution is -2.41. The van der Waals surface area contributed by atoms with E-state index < -0.39 is 11.6 Å². The number of aryl methyl sites for hydroxylation is 1. The molecule has 2 aromatic rings. The Labute approximate surface area is 162 Å². The third kappa shape index (κ3) is 3.37. The van der Waals surface area contributed by atoms with E-state index >= 15 is 0 Å². The second kappa shape index (κ2) is 7.83. The highest BCUT2D eigenvalue weighted by Gasteiger charge is 2.49.